The number of amides is 1. The number of nitrogens with one attached hydrogen (secondary N) is 2. The molecule has 2 aromatic heterocycles. The molecule has 0 atom stereocenters. The van der Waals surface area contributed by atoms with E-state index < -0.39 is 0 Å². The molecule has 0 unspecified atom stereocenters. The summed E-state index contributed by atoms with van der Waals surface area (Å²) in [5.74, 6) is 0.465. The number of aromatic amines is 1. The topological polar surface area (TPSA) is 83.6 Å². The number of thioether (sulfide) groups is 1. The molecule has 122 valence electrons. The first-order valence-electron chi connectivity index (χ1n) is 6.83. The number of pyridine rings is 1. The van der Waals surface area contributed by atoms with E-state index in [2.05, 4.69) is 25.5 Å². The van der Waals surface area contributed by atoms with Crippen molar-refractivity contribution in [2.45, 2.75) is 5.16 Å². The molecule has 0 bridgehead atoms. The van der Waals surface area contributed by atoms with Gasteiger partial charge in [-0.1, -0.05) is 41.0 Å². The Hall–Kier alpha value is -2.09. The molecule has 3 aromatic rings. The van der Waals surface area contributed by atoms with Crippen molar-refractivity contribution >= 4 is 46.6 Å². The van der Waals surface area contributed by atoms with Crippen molar-refractivity contribution in [3.8, 4) is 11.5 Å². The number of rotatable bonds is 5. The first kappa shape index (κ1) is 16.8. The zero-order chi connectivity index (χ0) is 16.9. The number of nitrogens with zero attached hydrogens (tertiary/aromatic N) is 3. The third-order valence-electron chi connectivity index (χ3n) is 2.91. The normalized spacial score (nSPS) is 10.6. The fourth-order valence-corrected chi connectivity index (χ4v) is 2.77. The van der Waals surface area contributed by atoms with Crippen LogP contribution in [0.1, 0.15) is 0 Å². The third kappa shape index (κ3) is 4.25. The average molecular weight is 380 g/mol. The minimum atomic E-state index is -0.228. The summed E-state index contributed by atoms with van der Waals surface area (Å²) in [5.41, 5.74) is 1.16. The summed E-state index contributed by atoms with van der Waals surface area (Å²) >= 11 is 13.1. The van der Waals surface area contributed by atoms with Gasteiger partial charge in [0.05, 0.1) is 16.5 Å². The Morgan fingerprint density at radius 3 is 2.92 bits per heavy atom. The molecular weight excluding hydrogens is 369 g/mol. The lowest BCUT2D eigenvalue weighted by Crippen LogP contribution is -2.14. The molecule has 0 saturated heterocycles. The van der Waals surface area contributed by atoms with Gasteiger partial charge in [0.15, 0.2) is 5.82 Å². The number of anilines is 1. The summed E-state index contributed by atoms with van der Waals surface area (Å²) in [7, 11) is 0. The highest BCUT2D eigenvalue weighted by molar-refractivity contribution is 7.99. The van der Waals surface area contributed by atoms with E-state index in [4.69, 9.17) is 23.2 Å². The number of hydrogen-bond donors (Lipinski definition) is 2. The van der Waals surface area contributed by atoms with Crippen LogP contribution in [0.2, 0.25) is 10.0 Å². The highest BCUT2D eigenvalue weighted by Crippen LogP contribution is 2.26. The van der Waals surface area contributed by atoms with Gasteiger partial charge < -0.3 is 5.32 Å². The molecule has 0 aliphatic carbocycles. The minimum Gasteiger partial charge on any atom is -0.324 e. The van der Waals surface area contributed by atoms with Gasteiger partial charge in [-0.05, 0) is 30.3 Å². The zero-order valence-electron chi connectivity index (χ0n) is 12.2. The predicted molar refractivity (Wildman–Crippen MR) is 95.4 cm³/mol. The third-order valence-corrected chi connectivity index (χ3v) is 4.32. The van der Waals surface area contributed by atoms with Crippen LogP contribution in [0, 0.1) is 0 Å². The van der Waals surface area contributed by atoms with Crippen LogP contribution in [0.5, 0.6) is 0 Å². The number of H-pyrrole nitrogens is 1. The van der Waals surface area contributed by atoms with Crippen molar-refractivity contribution in [1.82, 2.24) is 20.2 Å². The maximum Gasteiger partial charge on any atom is 0.234 e. The number of carbonyl (C=O) groups is 1. The second kappa shape index (κ2) is 7.65. The molecule has 0 fully saturated rings. The Labute approximate surface area is 152 Å². The van der Waals surface area contributed by atoms with E-state index in [-0.39, 0.29) is 11.7 Å². The first-order valence-corrected chi connectivity index (χ1v) is 8.57. The summed E-state index contributed by atoms with van der Waals surface area (Å²) in [4.78, 5) is 20.5. The van der Waals surface area contributed by atoms with Crippen molar-refractivity contribution in [3.05, 3.63) is 52.6 Å². The van der Waals surface area contributed by atoms with Gasteiger partial charge in [0.2, 0.25) is 11.1 Å². The van der Waals surface area contributed by atoms with Crippen molar-refractivity contribution in [3.63, 3.8) is 0 Å². The Morgan fingerprint density at radius 2 is 2.12 bits per heavy atom. The quantitative estimate of drug-likeness (QED) is 0.656. The molecule has 0 spiro atoms. The van der Waals surface area contributed by atoms with Crippen LogP contribution in [0.3, 0.4) is 0 Å². The number of hydrogen-bond acceptors (Lipinski definition) is 5. The fourth-order valence-electron chi connectivity index (χ4n) is 1.84. The molecule has 9 heteroatoms. The van der Waals surface area contributed by atoms with Gasteiger partial charge in [-0.2, -0.15) is 4.98 Å². The summed E-state index contributed by atoms with van der Waals surface area (Å²) in [6, 6.07) is 10.4. The summed E-state index contributed by atoms with van der Waals surface area (Å²) in [6.07, 6.45) is 1.67. The van der Waals surface area contributed by atoms with Crippen molar-refractivity contribution in [2.24, 2.45) is 0 Å². The van der Waals surface area contributed by atoms with Crippen LogP contribution in [-0.2, 0) is 4.79 Å². The standard InChI is InChI=1S/C15H11Cl2N5OS/c16-9-4-5-10(17)12(7-9)19-13(23)8-24-15-20-14(21-22-15)11-3-1-2-6-18-11/h1-7H,8H2,(H,19,23)(H,20,21,22). The van der Waals surface area contributed by atoms with Crippen LogP contribution >= 0.6 is 35.0 Å². The van der Waals surface area contributed by atoms with Gasteiger partial charge in [-0.25, -0.2) is 0 Å². The molecule has 1 amide bonds. The van der Waals surface area contributed by atoms with Crippen molar-refractivity contribution in [1.29, 1.82) is 0 Å². The summed E-state index contributed by atoms with van der Waals surface area (Å²) in [5, 5.41) is 10.9. The Balaban J connectivity index is 1.59. The molecule has 24 heavy (non-hydrogen) atoms. The monoisotopic (exact) mass is 379 g/mol. The van der Waals surface area contributed by atoms with Gasteiger partial charge in [-0.15, -0.1) is 5.10 Å². The molecule has 0 radical (unpaired) electrons. The lowest BCUT2D eigenvalue weighted by Gasteiger charge is -2.06. The molecule has 0 aliphatic heterocycles. The van der Waals surface area contributed by atoms with E-state index in [1.165, 1.54) is 11.8 Å². The van der Waals surface area contributed by atoms with Crippen LogP contribution in [0.15, 0.2) is 47.8 Å². The van der Waals surface area contributed by atoms with Crippen LogP contribution in [0.25, 0.3) is 11.5 Å². The molecular formula is C15H11Cl2N5OS. The number of halogens is 2. The van der Waals surface area contributed by atoms with Crippen LogP contribution < -0.4 is 5.32 Å². The maximum atomic E-state index is 12.0. The molecule has 1 aromatic carbocycles. The SMILES string of the molecule is O=C(CSc1n[nH]c(-c2ccccn2)n1)Nc1cc(Cl)ccc1Cl. The van der Waals surface area contributed by atoms with Crippen molar-refractivity contribution < 1.29 is 4.79 Å². The zero-order valence-corrected chi connectivity index (χ0v) is 14.5. The number of carbonyl (C=O) groups excluding carboxylic acids is 1. The largest absolute Gasteiger partial charge is 0.324 e. The molecule has 0 saturated carbocycles. The number of aromatic nitrogens is 4. The summed E-state index contributed by atoms with van der Waals surface area (Å²) in [6.45, 7) is 0. The van der Waals surface area contributed by atoms with Crippen LogP contribution in [-0.4, -0.2) is 31.8 Å². The van der Waals surface area contributed by atoms with Gasteiger partial charge >= 0.3 is 0 Å². The molecule has 3 rings (SSSR count). The minimum absolute atomic E-state index is 0.141. The predicted octanol–water partition coefficient (Wildman–Crippen LogP) is 3.90. The average Bonchev–Trinajstić information content (AvgIpc) is 3.06. The highest BCUT2D eigenvalue weighted by atomic mass is 35.5. The van der Waals surface area contributed by atoms with E-state index in [1.54, 1.807) is 24.4 Å². The van der Waals surface area contributed by atoms with Gasteiger partial charge in [0.25, 0.3) is 0 Å². The smallest absolute Gasteiger partial charge is 0.234 e. The Bertz CT molecular complexity index is 856. The molecule has 2 heterocycles. The van der Waals surface area contributed by atoms with Gasteiger partial charge in [0.1, 0.15) is 5.69 Å². The highest BCUT2D eigenvalue weighted by Gasteiger charge is 2.11. The summed E-state index contributed by atoms with van der Waals surface area (Å²) < 4.78 is 0. The van der Waals surface area contributed by atoms with E-state index >= 15 is 0 Å². The lowest BCUT2D eigenvalue weighted by atomic mass is 10.3. The van der Waals surface area contributed by atoms with Crippen LogP contribution in [0.4, 0.5) is 5.69 Å². The fraction of sp³-hybridized carbons (Fsp3) is 0.0667. The van der Waals surface area contributed by atoms with Gasteiger partial charge in [-0.3, -0.25) is 14.9 Å². The van der Waals surface area contributed by atoms with E-state index in [0.717, 1.165) is 0 Å². The molecule has 0 aliphatic rings. The number of benzene rings is 1. The molecule has 6 nitrogen and oxygen atoms in total. The van der Waals surface area contributed by atoms with E-state index in [1.807, 2.05) is 18.2 Å². The van der Waals surface area contributed by atoms with E-state index in [9.17, 15) is 4.79 Å². The first-order chi connectivity index (χ1) is 11.6. The second-order valence-corrected chi connectivity index (χ2v) is 6.43. The maximum absolute atomic E-state index is 12.0. The Morgan fingerprint density at radius 1 is 1.25 bits per heavy atom. The second-order valence-electron chi connectivity index (χ2n) is 4.64. The lowest BCUT2D eigenvalue weighted by molar-refractivity contribution is -0.113. The van der Waals surface area contributed by atoms with E-state index in [0.29, 0.717) is 32.4 Å². The van der Waals surface area contributed by atoms with Crippen molar-refractivity contribution in [2.75, 3.05) is 11.1 Å². The Kier molecular flexibility index (Phi) is 5.34. The van der Waals surface area contributed by atoms with Gasteiger partial charge in [0, 0.05) is 11.2 Å². The molecule has 2 N–H and O–H groups in total.